The summed E-state index contributed by atoms with van der Waals surface area (Å²) in [6.45, 7) is 3.80. The van der Waals surface area contributed by atoms with E-state index >= 15 is 0 Å². The Balaban J connectivity index is 2.53. The summed E-state index contributed by atoms with van der Waals surface area (Å²) in [4.78, 5) is 34.8. The standard InChI is InChI=1S/C16H19N3O5/c1-3-6-12-13(15(20)24-4-2)14(18-16(21)17-12)10-7-5-8-11(9-10)19(22)23/h5,7-9,14H,3-4,6H2,1-2H3,(H2,17,18,21)/t14-/m1/s1. The second-order valence-electron chi connectivity index (χ2n) is 5.25. The third kappa shape index (κ3) is 3.70. The lowest BCUT2D eigenvalue weighted by molar-refractivity contribution is -0.384. The van der Waals surface area contributed by atoms with Crippen LogP contribution in [0.15, 0.2) is 35.5 Å². The molecule has 1 aliphatic heterocycles. The molecule has 0 fully saturated rings. The zero-order valence-electron chi connectivity index (χ0n) is 13.5. The first-order valence-electron chi connectivity index (χ1n) is 7.69. The maximum Gasteiger partial charge on any atom is 0.338 e. The molecule has 0 bridgehead atoms. The van der Waals surface area contributed by atoms with Gasteiger partial charge in [0.1, 0.15) is 0 Å². The van der Waals surface area contributed by atoms with Gasteiger partial charge in [0.2, 0.25) is 0 Å². The van der Waals surface area contributed by atoms with Crippen LogP contribution in [0.3, 0.4) is 0 Å². The van der Waals surface area contributed by atoms with Gasteiger partial charge in [0.25, 0.3) is 5.69 Å². The first-order valence-corrected chi connectivity index (χ1v) is 7.69. The van der Waals surface area contributed by atoms with Crippen molar-refractivity contribution in [1.82, 2.24) is 10.6 Å². The second kappa shape index (κ2) is 7.58. The van der Waals surface area contributed by atoms with Crippen molar-refractivity contribution in [2.75, 3.05) is 6.61 Å². The van der Waals surface area contributed by atoms with Crippen molar-refractivity contribution in [2.24, 2.45) is 0 Å². The van der Waals surface area contributed by atoms with Gasteiger partial charge >= 0.3 is 12.0 Å². The number of amides is 2. The number of esters is 1. The fourth-order valence-electron chi connectivity index (χ4n) is 2.58. The summed E-state index contributed by atoms with van der Waals surface area (Å²) in [6, 6.07) is 4.60. The van der Waals surface area contributed by atoms with E-state index in [1.807, 2.05) is 6.92 Å². The zero-order valence-corrected chi connectivity index (χ0v) is 13.5. The largest absolute Gasteiger partial charge is 0.463 e. The number of non-ortho nitro benzene ring substituents is 1. The van der Waals surface area contributed by atoms with Gasteiger partial charge in [-0.3, -0.25) is 10.1 Å². The van der Waals surface area contributed by atoms with Crippen LogP contribution in [0.25, 0.3) is 0 Å². The highest BCUT2D eigenvalue weighted by molar-refractivity contribution is 5.95. The second-order valence-corrected chi connectivity index (χ2v) is 5.25. The molecule has 8 nitrogen and oxygen atoms in total. The number of nitro groups is 1. The molecule has 0 unspecified atom stereocenters. The van der Waals surface area contributed by atoms with Gasteiger partial charge in [-0.05, 0) is 18.9 Å². The number of allylic oxidation sites excluding steroid dienone is 1. The molecule has 1 atom stereocenters. The molecule has 0 saturated heterocycles. The van der Waals surface area contributed by atoms with E-state index in [0.29, 0.717) is 17.7 Å². The Labute approximate surface area is 139 Å². The van der Waals surface area contributed by atoms with Gasteiger partial charge in [-0.2, -0.15) is 0 Å². The summed E-state index contributed by atoms with van der Waals surface area (Å²) < 4.78 is 5.10. The van der Waals surface area contributed by atoms with E-state index in [0.717, 1.165) is 6.42 Å². The Morgan fingerprint density at radius 3 is 2.75 bits per heavy atom. The van der Waals surface area contributed by atoms with E-state index in [2.05, 4.69) is 10.6 Å². The molecule has 2 amide bonds. The molecule has 0 saturated carbocycles. The SMILES string of the molecule is CCCC1=C(C(=O)OCC)[C@@H](c2cccc([N+](=O)[O-])c2)NC(=O)N1. The van der Waals surface area contributed by atoms with Crippen molar-refractivity contribution in [2.45, 2.75) is 32.7 Å². The minimum absolute atomic E-state index is 0.111. The summed E-state index contributed by atoms with van der Waals surface area (Å²) in [5.74, 6) is -0.551. The van der Waals surface area contributed by atoms with Crippen LogP contribution in [0.1, 0.15) is 38.3 Å². The number of nitrogens with one attached hydrogen (secondary N) is 2. The van der Waals surface area contributed by atoms with Crippen LogP contribution in [0, 0.1) is 10.1 Å². The van der Waals surface area contributed by atoms with Crippen molar-refractivity contribution < 1.29 is 19.2 Å². The number of nitrogens with zero attached hydrogens (tertiary/aromatic N) is 1. The number of hydrogen-bond donors (Lipinski definition) is 2. The molecule has 1 heterocycles. The molecule has 128 valence electrons. The number of rotatable bonds is 6. The Hall–Kier alpha value is -2.90. The van der Waals surface area contributed by atoms with Crippen LogP contribution in [0.2, 0.25) is 0 Å². The molecule has 0 spiro atoms. The number of ether oxygens (including phenoxy) is 1. The number of urea groups is 1. The van der Waals surface area contributed by atoms with Crippen molar-refractivity contribution in [3.63, 3.8) is 0 Å². The van der Waals surface area contributed by atoms with Gasteiger partial charge in [0.15, 0.2) is 0 Å². The Morgan fingerprint density at radius 1 is 1.38 bits per heavy atom. The highest BCUT2D eigenvalue weighted by atomic mass is 16.6. The van der Waals surface area contributed by atoms with Crippen LogP contribution >= 0.6 is 0 Å². The highest BCUT2D eigenvalue weighted by Crippen LogP contribution is 2.31. The Bertz CT molecular complexity index is 699. The lowest BCUT2D eigenvalue weighted by Gasteiger charge is -2.29. The topological polar surface area (TPSA) is 111 Å². The zero-order chi connectivity index (χ0) is 17.7. The number of carbonyl (C=O) groups excluding carboxylic acids is 2. The minimum atomic E-state index is -0.792. The molecule has 2 N–H and O–H groups in total. The summed E-state index contributed by atoms with van der Waals surface area (Å²) in [5, 5.41) is 16.3. The fourth-order valence-corrected chi connectivity index (χ4v) is 2.58. The average molecular weight is 333 g/mol. The van der Waals surface area contributed by atoms with E-state index in [1.54, 1.807) is 13.0 Å². The monoisotopic (exact) mass is 333 g/mol. The maximum absolute atomic E-state index is 12.4. The van der Waals surface area contributed by atoms with E-state index in [1.165, 1.54) is 18.2 Å². The van der Waals surface area contributed by atoms with Crippen molar-refractivity contribution in [1.29, 1.82) is 0 Å². The third-order valence-electron chi connectivity index (χ3n) is 3.56. The molecule has 1 aliphatic rings. The summed E-state index contributed by atoms with van der Waals surface area (Å²) in [6.07, 6.45) is 1.22. The minimum Gasteiger partial charge on any atom is -0.463 e. The van der Waals surface area contributed by atoms with Crippen LogP contribution in [0.5, 0.6) is 0 Å². The van der Waals surface area contributed by atoms with Crippen molar-refractivity contribution >= 4 is 17.7 Å². The van der Waals surface area contributed by atoms with Gasteiger partial charge in [-0.1, -0.05) is 25.5 Å². The summed E-state index contributed by atoms with van der Waals surface area (Å²) in [7, 11) is 0. The van der Waals surface area contributed by atoms with Crippen LogP contribution < -0.4 is 10.6 Å². The Kier molecular flexibility index (Phi) is 5.51. The number of carbonyl (C=O) groups is 2. The van der Waals surface area contributed by atoms with E-state index < -0.39 is 23.0 Å². The molecule has 1 aromatic carbocycles. The summed E-state index contributed by atoms with van der Waals surface area (Å²) >= 11 is 0. The number of benzene rings is 1. The normalized spacial score (nSPS) is 17.1. The molecule has 2 rings (SSSR count). The molecule has 1 aromatic rings. The quantitative estimate of drug-likeness (QED) is 0.472. The smallest absolute Gasteiger partial charge is 0.338 e. The average Bonchev–Trinajstić information content (AvgIpc) is 2.55. The Morgan fingerprint density at radius 2 is 2.12 bits per heavy atom. The van der Waals surface area contributed by atoms with Crippen LogP contribution in [0.4, 0.5) is 10.5 Å². The predicted octanol–water partition coefficient (Wildman–Crippen LogP) is 2.57. The van der Waals surface area contributed by atoms with Crippen LogP contribution in [-0.2, 0) is 9.53 Å². The van der Waals surface area contributed by atoms with Crippen molar-refractivity contribution in [3.8, 4) is 0 Å². The predicted molar refractivity (Wildman–Crippen MR) is 86.1 cm³/mol. The number of hydrogen-bond acceptors (Lipinski definition) is 5. The summed E-state index contributed by atoms with van der Waals surface area (Å²) in [5.41, 5.74) is 1.10. The molecular weight excluding hydrogens is 314 g/mol. The molecular formula is C16H19N3O5. The first-order chi connectivity index (χ1) is 11.5. The lowest BCUT2D eigenvalue weighted by atomic mass is 9.93. The first kappa shape index (κ1) is 17.5. The van der Waals surface area contributed by atoms with E-state index in [4.69, 9.17) is 4.74 Å². The van der Waals surface area contributed by atoms with Gasteiger partial charge in [0, 0.05) is 17.8 Å². The molecule has 0 aliphatic carbocycles. The van der Waals surface area contributed by atoms with Gasteiger partial charge in [-0.15, -0.1) is 0 Å². The molecule has 24 heavy (non-hydrogen) atoms. The van der Waals surface area contributed by atoms with Crippen LogP contribution in [-0.4, -0.2) is 23.5 Å². The fraction of sp³-hybridized carbons (Fsp3) is 0.375. The van der Waals surface area contributed by atoms with Gasteiger partial charge in [-0.25, -0.2) is 9.59 Å². The van der Waals surface area contributed by atoms with E-state index in [9.17, 15) is 19.7 Å². The maximum atomic E-state index is 12.4. The van der Waals surface area contributed by atoms with Gasteiger partial charge in [0.05, 0.1) is 23.1 Å². The number of nitro benzene ring substituents is 1. The molecule has 0 radical (unpaired) electrons. The van der Waals surface area contributed by atoms with Crippen molar-refractivity contribution in [3.05, 3.63) is 51.2 Å². The van der Waals surface area contributed by atoms with Gasteiger partial charge < -0.3 is 15.4 Å². The highest BCUT2D eigenvalue weighted by Gasteiger charge is 2.33. The van der Waals surface area contributed by atoms with E-state index in [-0.39, 0.29) is 17.9 Å². The lowest BCUT2D eigenvalue weighted by Crippen LogP contribution is -2.46. The third-order valence-corrected chi connectivity index (χ3v) is 3.56. The molecule has 0 aromatic heterocycles. The molecule has 8 heteroatoms.